The molecule has 0 nitrogen and oxygen atoms in total. The highest BCUT2D eigenvalue weighted by atomic mass is 35.5. The molecule has 0 atom stereocenters. The predicted octanol–water partition coefficient (Wildman–Crippen LogP) is 11.7. The Morgan fingerprint density at radius 1 is 0.318 bits per heavy atom. The second-order valence-electron chi connectivity index (χ2n) is 11.7. The van der Waals surface area contributed by atoms with Gasteiger partial charge in [0.15, 0.2) is 0 Å². The lowest BCUT2D eigenvalue weighted by Crippen LogP contribution is -2.25. The average Bonchev–Trinajstić information content (AvgIpc) is 3.56. The lowest BCUT2D eigenvalue weighted by molar-refractivity contribution is 0.794. The van der Waals surface area contributed by atoms with Gasteiger partial charge in [0.2, 0.25) is 0 Å². The molecule has 2 aliphatic rings. The Kier molecular flexibility index (Phi) is 5.57. The summed E-state index contributed by atoms with van der Waals surface area (Å²) in [6.45, 7) is 0. The first kappa shape index (κ1) is 25.3. The van der Waals surface area contributed by atoms with Gasteiger partial charge in [0.1, 0.15) is 0 Å². The van der Waals surface area contributed by atoms with Crippen LogP contribution in [0.1, 0.15) is 22.3 Å². The van der Waals surface area contributed by atoms with E-state index < -0.39 is 0 Å². The van der Waals surface area contributed by atoms with E-state index in [0.29, 0.717) is 0 Å². The molecule has 0 aromatic heterocycles. The average molecular weight is 579 g/mol. The van der Waals surface area contributed by atoms with Crippen LogP contribution in [0.25, 0.3) is 55.6 Å². The monoisotopic (exact) mass is 578 g/mol. The minimum atomic E-state index is -0.362. The van der Waals surface area contributed by atoms with Crippen molar-refractivity contribution in [1.82, 2.24) is 0 Å². The molecule has 0 N–H and O–H groups in total. The molecule has 206 valence electrons. The predicted molar refractivity (Wildman–Crippen MR) is 184 cm³/mol. The van der Waals surface area contributed by atoms with Crippen molar-refractivity contribution >= 4 is 11.6 Å². The van der Waals surface area contributed by atoms with Crippen LogP contribution in [0.15, 0.2) is 164 Å². The molecular formula is C43H27Cl. The molecule has 0 fully saturated rings. The number of rotatable bonds is 3. The van der Waals surface area contributed by atoms with Crippen molar-refractivity contribution in [3.05, 3.63) is 191 Å². The van der Waals surface area contributed by atoms with Gasteiger partial charge in [-0.3, -0.25) is 0 Å². The van der Waals surface area contributed by atoms with Crippen LogP contribution in [0.4, 0.5) is 0 Å². The Labute approximate surface area is 262 Å². The van der Waals surface area contributed by atoms with Crippen molar-refractivity contribution in [3.8, 4) is 55.6 Å². The third-order valence-electron chi connectivity index (χ3n) is 9.60. The molecule has 0 aliphatic heterocycles. The smallest absolute Gasteiger partial charge is 0.0725 e. The highest BCUT2D eigenvalue weighted by Crippen LogP contribution is 2.64. The summed E-state index contributed by atoms with van der Waals surface area (Å²) in [6, 6.07) is 59.6. The van der Waals surface area contributed by atoms with Gasteiger partial charge in [-0.25, -0.2) is 0 Å². The third-order valence-corrected chi connectivity index (χ3v) is 9.83. The van der Waals surface area contributed by atoms with Gasteiger partial charge in [0, 0.05) is 5.02 Å². The zero-order valence-electron chi connectivity index (χ0n) is 24.0. The molecule has 0 saturated heterocycles. The molecule has 1 spiro atoms. The molecule has 1 heteroatoms. The quantitative estimate of drug-likeness (QED) is 0.195. The van der Waals surface area contributed by atoms with Crippen LogP contribution >= 0.6 is 11.6 Å². The summed E-state index contributed by atoms with van der Waals surface area (Å²) >= 11 is 6.60. The van der Waals surface area contributed by atoms with Crippen LogP contribution in [0.5, 0.6) is 0 Å². The molecule has 7 aromatic rings. The van der Waals surface area contributed by atoms with Gasteiger partial charge < -0.3 is 0 Å². The molecule has 0 radical (unpaired) electrons. The first-order chi connectivity index (χ1) is 21.8. The van der Waals surface area contributed by atoms with E-state index in [9.17, 15) is 0 Å². The van der Waals surface area contributed by atoms with Gasteiger partial charge in [-0.05, 0) is 90.0 Å². The Balaban J connectivity index is 1.36. The number of fused-ring (bicyclic) bond motifs is 10. The molecule has 2 aliphatic carbocycles. The van der Waals surface area contributed by atoms with Crippen molar-refractivity contribution in [2.45, 2.75) is 5.41 Å². The molecule has 0 unspecified atom stereocenters. The normalized spacial score (nSPS) is 13.3. The fourth-order valence-electron chi connectivity index (χ4n) is 7.93. The Morgan fingerprint density at radius 3 is 1.43 bits per heavy atom. The van der Waals surface area contributed by atoms with Crippen LogP contribution in [0, 0.1) is 0 Å². The van der Waals surface area contributed by atoms with E-state index in [1.807, 2.05) is 6.07 Å². The van der Waals surface area contributed by atoms with Crippen LogP contribution in [0.3, 0.4) is 0 Å². The highest BCUT2D eigenvalue weighted by Gasteiger charge is 2.51. The Bertz CT molecular complexity index is 2200. The van der Waals surface area contributed by atoms with Gasteiger partial charge in [0.05, 0.1) is 5.41 Å². The summed E-state index contributed by atoms with van der Waals surface area (Å²) in [4.78, 5) is 0. The van der Waals surface area contributed by atoms with Crippen LogP contribution < -0.4 is 0 Å². The SMILES string of the molecule is Clc1ccc(-c2ccccc2-c2cccc3c2-c2ccccc2C32c3ccccc3-c3ccccc32)c(-c2ccccc2)c1. The topological polar surface area (TPSA) is 0 Å². The Hall–Kier alpha value is -5.17. The number of benzene rings is 7. The standard InChI is InChI=1S/C43H27Cl/c44-29-25-26-32(37(27-29)28-13-2-1-3-14-28)30-15-4-5-16-31(30)35-20-12-24-41-42(35)36-19-8-11-23-40(36)43(41)38-21-9-6-17-33(38)34-18-7-10-22-39(34)43/h1-27H. The fraction of sp³-hybridized carbons (Fsp3) is 0.0233. The third kappa shape index (κ3) is 3.41. The van der Waals surface area contributed by atoms with Gasteiger partial charge in [-0.15, -0.1) is 0 Å². The molecule has 0 heterocycles. The fourth-order valence-corrected chi connectivity index (χ4v) is 8.10. The van der Waals surface area contributed by atoms with Gasteiger partial charge in [-0.2, -0.15) is 0 Å². The summed E-state index contributed by atoms with van der Waals surface area (Å²) in [7, 11) is 0. The molecule has 0 saturated carbocycles. The van der Waals surface area contributed by atoms with Crippen molar-refractivity contribution in [3.63, 3.8) is 0 Å². The van der Waals surface area contributed by atoms with Crippen LogP contribution in [0.2, 0.25) is 5.02 Å². The van der Waals surface area contributed by atoms with E-state index in [4.69, 9.17) is 11.6 Å². The van der Waals surface area contributed by atoms with E-state index in [1.54, 1.807) is 0 Å². The number of hydrogen-bond donors (Lipinski definition) is 0. The van der Waals surface area contributed by atoms with Gasteiger partial charge >= 0.3 is 0 Å². The van der Waals surface area contributed by atoms with Crippen molar-refractivity contribution in [2.24, 2.45) is 0 Å². The van der Waals surface area contributed by atoms with E-state index in [-0.39, 0.29) is 5.41 Å². The maximum atomic E-state index is 6.60. The minimum Gasteiger partial charge on any atom is -0.0843 e. The van der Waals surface area contributed by atoms with Crippen molar-refractivity contribution in [1.29, 1.82) is 0 Å². The van der Waals surface area contributed by atoms with Crippen LogP contribution in [-0.4, -0.2) is 0 Å². The maximum absolute atomic E-state index is 6.60. The number of hydrogen-bond acceptors (Lipinski definition) is 0. The molecule has 7 aromatic carbocycles. The van der Waals surface area contributed by atoms with Crippen molar-refractivity contribution < 1.29 is 0 Å². The van der Waals surface area contributed by atoms with E-state index >= 15 is 0 Å². The summed E-state index contributed by atoms with van der Waals surface area (Å²) < 4.78 is 0. The minimum absolute atomic E-state index is 0.362. The van der Waals surface area contributed by atoms with Crippen molar-refractivity contribution in [2.75, 3.05) is 0 Å². The molecule has 9 rings (SSSR count). The first-order valence-corrected chi connectivity index (χ1v) is 15.5. The Morgan fingerprint density at radius 2 is 0.773 bits per heavy atom. The lowest BCUT2D eigenvalue weighted by Gasteiger charge is -2.30. The van der Waals surface area contributed by atoms with Gasteiger partial charge in [-0.1, -0.05) is 163 Å². The number of halogens is 1. The maximum Gasteiger partial charge on any atom is 0.0725 e. The largest absolute Gasteiger partial charge is 0.0843 e. The summed E-state index contributed by atoms with van der Waals surface area (Å²) in [5.41, 5.74) is 17.5. The highest BCUT2D eigenvalue weighted by molar-refractivity contribution is 6.31. The molecule has 0 bridgehead atoms. The van der Waals surface area contributed by atoms with E-state index in [1.165, 1.54) is 66.8 Å². The molecule has 44 heavy (non-hydrogen) atoms. The second kappa shape index (κ2) is 9.67. The van der Waals surface area contributed by atoms with E-state index in [2.05, 4.69) is 158 Å². The molecule has 0 amide bonds. The summed E-state index contributed by atoms with van der Waals surface area (Å²) in [6.07, 6.45) is 0. The zero-order chi connectivity index (χ0) is 29.3. The van der Waals surface area contributed by atoms with E-state index in [0.717, 1.165) is 16.1 Å². The first-order valence-electron chi connectivity index (χ1n) is 15.1. The summed E-state index contributed by atoms with van der Waals surface area (Å²) in [5, 5.41) is 0.736. The molecular weight excluding hydrogens is 552 g/mol. The lowest BCUT2D eigenvalue weighted by atomic mass is 9.70. The summed E-state index contributed by atoms with van der Waals surface area (Å²) in [5.74, 6) is 0. The zero-order valence-corrected chi connectivity index (χ0v) is 24.7. The van der Waals surface area contributed by atoms with Gasteiger partial charge in [0.25, 0.3) is 0 Å². The second-order valence-corrected chi connectivity index (χ2v) is 12.2. The van der Waals surface area contributed by atoms with Crippen LogP contribution in [-0.2, 0) is 5.41 Å².